The van der Waals surface area contributed by atoms with Crippen LogP contribution in [0.3, 0.4) is 0 Å². The van der Waals surface area contributed by atoms with E-state index in [0.717, 1.165) is 17.7 Å². The van der Waals surface area contributed by atoms with Gasteiger partial charge in [0, 0.05) is 12.4 Å². The summed E-state index contributed by atoms with van der Waals surface area (Å²) >= 11 is 0. The summed E-state index contributed by atoms with van der Waals surface area (Å²) in [5.74, 6) is -0.200. The van der Waals surface area contributed by atoms with Crippen molar-refractivity contribution < 1.29 is 4.39 Å². The van der Waals surface area contributed by atoms with Gasteiger partial charge < -0.3 is 5.32 Å². The van der Waals surface area contributed by atoms with E-state index in [0.29, 0.717) is 0 Å². The molecule has 17 heavy (non-hydrogen) atoms. The molecule has 0 spiro atoms. The lowest BCUT2D eigenvalue weighted by molar-refractivity contribution is 0.621. The van der Waals surface area contributed by atoms with Crippen molar-refractivity contribution in [3.05, 3.63) is 60.2 Å². The number of benzene rings is 1. The largest absolute Gasteiger partial charge is 0.377 e. The van der Waals surface area contributed by atoms with Crippen LogP contribution in [-0.2, 0) is 0 Å². The lowest BCUT2D eigenvalue weighted by Gasteiger charge is -2.18. The molecule has 1 aromatic carbocycles. The predicted molar refractivity (Wildman–Crippen MR) is 67.3 cm³/mol. The average Bonchev–Trinajstić information content (AvgIpc) is 2.37. The van der Waals surface area contributed by atoms with Crippen molar-refractivity contribution in [3.63, 3.8) is 0 Å². The Balaban J connectivity index is 2.17. The molecule has 0 aliphatic rings. The smallest absolute Gasteiger partial charge is 0.123 e. The van der Waals surface area contributed by atoms with Gasteiger partial charge in [0.1, 0.15) is 5.82 Å². The van der Waals surface area contributed by atoms with Crippen LogP contribution in [0, 0.1) is 5.82 Å². The summed E-state index contributed by atoms with van der Waals surface area (Å²) in [5, 5.41) is 3.34. The highest BCUT2D eigenvalue weighted by Crippen LogP contribution is 2.22. The molecule has 3 heteroatoms. The number of pyridine rings is 1. The minimum absolute atomic E-state index is 0.106. The van der Waals surface area contributed by atoms with Crippen molar-refractivity contribution >= 4 is 5.69 Å². The Morgan fingerprint density at radius 3 is 2.82 bits per heavy atom. The van der Waals surface area contributed by atoms with Gasteiger partial charge in [-0.05, 0) is 36.2 Å². The second-order valence-electron chi connectivity index (χ2n) is 3.90. The van der Waals surface area contributed by atoms with Crippen molar-refractivity contribution in [1.82, 2.24) is 4.98 Å². The van der Waals surface area contributed by atoms with Crippen molar-refractivity contribution in [3.8, 4) is 0 Å². The third-order valence-corrected chi connectivity index (χ3v) is 2.66. The minimum atomic E-state index is -0.200. The molecule has 0 radical (unpaired) electrons. The quantitative estimate of drug-likeness (QED) is 0.864. The van der Waals surface area contributed by atoms with Gasteiger partial charge in [-0.3, -0.25) is 4.98 Å². The first-order valence-electron chi connectivity index (χ1n) is 5.71. The van der Waals surface area contributed by atoms with E-state index in [9.17, 15) is 4.39 Å². The Morgan fingerprint density at radius 1 is 1.29 bits per heavy atom. The van der Waals surface area contributed by atoms with E-state index >= 15 is 0 Å². The summed E-state index contributed by atoms with van der Waals surface area (Å²) < 4.78 is 13.2. The van der Waals surface area contributed by atoms with Gasteiger partial charge in [-0.2, -0.15) is 0 Å². The number of aromatic nitrogens is 1. The van der Waals surface area contributed by atoms with Crippen molar-refractivity contribution in [1.29, 1.82) is 0 Å². The molecule has 2 aromatic rings. The van der Waals surface area contributed by atoms with Gasteiger partial charge in [0.05, 0.1) is 11.7 Å². The van der Waals surface area contributed by atoms with Gasteiger partial charge in [-0.25, -0.2) is 4.39 Å². The van der Waals surface area contributed by atoms with E-state index in [-0.39, 0.29) is 11.9 Å². The molecule has 2 nitrogen and oxygen atoms in total. The summed E-state index contributed by atoms with van der Waals surface area (Å²) in [7, 11) is 0. The van der Waals surface area contributed by atoms with Gasteiger partial charge in [0.25, 0.3) is 0 Å². The fourth-order valence-corrected chi connectivity index (χ4v) is 1.79. The van der Waals surface area contributed by atoms with Gasteiger partial charge in [0.2, 0.25) is 0 Å². The zero-order chi connectivity index (χ0) is 12.1. The first-order chi connectivity index (χ1) is 8.29. The molecule has 0 saturated carbocycles. The molecule has 0 amide bonds. The van der Waals surface area contributed by atoms with E-state index in [1.54, 1.807) is 24.5 Å². The monoisotopic (exact) mass is 230 g/mol. The molecule has 0 bridgehead atoms. The van der Waals surface area contributed by atoms with E-state index in [4.69, 9.17) is 0 Å². The Labute approximate surface area is 101 Å². The topological polar surface area (TPSA) is 24.9 Å². The molecule has 88 valence electrons. The van der Waals surface area contributed by atoms with E-state index < -0.39 is 0 Å². The second kappa shape index (κ2) is 5.43. The first kappa shape index (κ1) is 11.6. The maximum Gasteiger partial charge on any atom is 0.123 e. The van der Waals surface area contributed by atoms with Crippen LogP contribution in [-0.4, -0.2) is 4.98 Å². The highest BCUT2D eigenvalue weighted by molar-refractivity contribution is 5.42. The average molecular weight is 230 g/mol. The molecule has 0 aliphatic heterocycles. The molecule has 1 heterocycles. The highest BCUT2D eigenvalue weighted by atomic mass is 19.1. The van der Waals surface area contributed by atoms with Gasteiger partial charge in [-0.1, -0.05) is 19.1 Å². The van der Waals surface area contributed by atoms with E-state index in [2.05, 4.69) is 17.2 Å². The first-order valence-corrected chi connectivity index (χ1v) is 5.71. The molecular formula is C14H15FN2. The molecule has 1 unspecified atom stereocenters. The lowest BCUT2D eigenvalue weighted by Crippen LogP contribution is -2.09. The van der Waals surface area contributed by atoms with Crippen LogP contribution in [0.25, 0.3) is 0 Å². The van der Waals surface area contributed by atoms with Crippen LogP contribution in [0.1, 0.15) is 24.9 Å². The Bertz CT molecular complexity index is 471. The highest BCUT2D eigenvalue weighted by Gasteiger charge is 2.09. The van der Waals surface area contributed by atoms with Crippen LogP contribution in [0.5, 0.6) is 0 Å². The number of hydrogen-bond acceptors (Lipinski definition) is 2. The summed E-state index contributed by atoms with van der Waals surface area (Å²) in [4.78, 5) is 4.05. The summed E-state index contributed by atoms with van der Waals surface area (Å²) in [6.45, 7) is 2.07. The molecule has 1 aromatic heterocycles. The molecule has 1 atom stereocenters. The number of anilines is 1. The number of nitrogens with one attached hydrogen (secondary N) is 1. The fraction of sp³-hybridized carbons (Fsp3) is 0.214. The Morgan fingerprint density at radius 2 is 2.18 bits per heavy atom. The normalized spacial score (nSPS) is 12.1. The van der Waals surface area contributed by atoms with Crippen LogP contribution < -0.4 is 5.32 Å². The van der Waals surface area contributed by atoms with E-state index in [1.165, 1.54) is 6.07 Å². The second-order valence-corrected chi connectivity index (χ2v) is 3.90. The maximum absolute atomic E-state index is 13.2. The number of nitrogens with zero attached hydrogens (tertiary/aromatic N) is 1. The molecule has 0 saturated heterocycles. The summed E-state index contributed by atoms with van der Waals surface area (Å²) in [6.07, 6.45) is 4.38. The molecule has 0 aliphatic carbocycles. The number of rotatable bonds is 4. The predicted octanol–water partition coefficient (Wildman–Crippen LogP) is 3.78. The van der Waals surface area contributed by atoms with Crippen LogP contribution in [0.4, 0.5) is 10.1 Å². The zero-order valence-corrected chi connectivity index (χ0v) is 9.73. The molecule has 0 fully saturated rings. The van der Waals surface area contributed by atoms with Crippen molar-refractivity contribution in [2.24, 2.45) is 0 Å². The van der Waals surface area contributed by atoms with E-state index in [1.807, 2.05) is 18.2 Å². The van der Waals surface area contributed by atoms with Crippen LogP contribution in [0.15, 0.2) is 48.8 Å². The molecule has 2 rings (SSSR count). The molecule has 1 N–H and O–H groups in total. The Kier molecular flexibility index (Phi) is 3.70. The van der Waals surface area contributed by atoms with Gasteiger partial charge >= 0.3 is 0 Å². The summed E-state index contributed by atoms with van der Waals surface area (Å²) in [6, 6.07) is 10.6. The number of hydrogen-bond donors (Lipinski definition) is 1. The Hall–Kier alpha value is -1.90. The summed E-state index contributed by atoms with van der Waals surface area (Å²) in [5.41, 5.74) is 1.90. The standard InChI is InChI=1S/C14H15FN2/c1-2-14(11-5-3-6-12(15)9-11)17-13-7-4-8-16-10-13/h3-10,14,17H,2H2,1H3. The number of halogens is 1. The minimum Gasteiger partial charge on any atom is -0.377 e. The third-order valence-electron chi connectivity index (χ3n) is 2.66. The fourth-order valence-electron chi connectivity index (χ4n) is 1.79. The van der Waals surface area contributed by atoms with Crippen molar-refractivity contribution in [2.45, 2.75) is 19.4 Å². The molecular weight excluding hydrogens is 215 g/mol. The van der Waals surface area contributed by atoms with Crippen molar-refractivity contribution in [2.75, 3.05) is 5.32 Å². The lowest BCUT2D eigenvalue weighted by atomic mass is 10.0. The zero-order valence-electron chi connectivity index (χ0n) is 9.73. The third kappa shape index (κ3) is 3.03. The van der Waals surface area contributed by atoms with Crippen LogP contribution >= 0.6 is 0 Å². The maximum atomic E-state index is 13.2. The van der Waals surface area contributed by atoms with Crippen LogP contribution in [0.2, 0.25) is 0 Å². The van der Waals surface area contributed by atoms with Gasteiger partial charge in [0.15, 0.2) is 0 Å². The SMILES string of the molecule is CCC(Nc1cccnc1)c1cccc(F)c1. The van der Waals surface area contributed by atoms with Gasteiger partial charge in [-0.15, -0.1) is 0 Å².